The zero-order valence-electron chi connectivity index (χ0n) is 21.2. The van der Waals surface area contributed by atoms with Gasteiger partial charge in [0.2, 0.25) is 0 Å². The summed E-state index contributed by atoms with van der Waals surface area (Å²) in [6, 6.07) is 16.2. The highest BCUT2D eigenvalue weighted by Crippen LogP contribution is 2.29. The third-order valence-corrected chi connectivity index (χ3v) is 5.51. The van der Waals surface area contributed by atoms with Crippen LogP contribution in [-0.4, -0.2) is 47.5 Å². The quantitative estimate of drug-likeness (QED) is 0.338. The van der Waals surface area contributed by atoms with E-state index in [0.29, 0.717) is 17.1 Å². The maximum absolute atomic E-state index is 11.9. The zero-order chi connectivity index (χ0) is 26.4. The summed E-state index contributed by atoms with van der Waals surface area (Å²) in [4.78, 5) is 28.1. The minimum atomic E-state index is -1.16. The smallest absolute Gasteiger partial charge is 0.412 e. The van der Waals surface area contributed by atoms with E-state index in [-0.39, 0.29) is 24.7 Å². The molecule has 4 rings (SSSR count). The third-order valence-electron chi connectivity index (χ3n) is 5.51. The van der Waals surface area contributed by atoms with Crippen LogP contribution in [-0.2, 0) is 11.2 Å². The molecule has 0 radical (unpaired) electrons. The van der Waals surface area contributed by atoms with Crippen LogP contribution in [0, 0.1) is 0 Å². The SMILES string of the molecule is CC(C)(C)OC(=O)Nc1ccc(OCCOc2ccc(-c3ccc4c(c3)NCCC4)nc2C(=O)O)cc1. The Kier molecular flexibility index (Phi) is 7.81. The average molecular weight is 506 g/mol. The van der Waals surface area contributed by atoms with Gasteiger partial charge in [0.05, 0.1) is 5.69 Å². The van der Waals surface area contributed by atoms with E-state index in [1.165, 1.54) is 5.56 Å². The molecule has 9 nitrogen and oxygen atoms in total. The number of carbonyl (C=O) groups excluding carboxylic acids is 1. The Balaban J connectivity index is 1.32. The number of hydrogen-bond acceptors (Lipinski definition) is 7. The lowest BCUT2D eigenvalue weighted by molar-refractivity contribution is 0.0633. The van der Waals surface area contributed by atoms with Crippen molar-refractivity contribution in [1.29, 1.82) is 0 Å². The number of aromatic carboxylic acids is 1. The van der Waals surface area contributed by atoms with Gasteiger partial charge in [-0.2, -0.15) is 0 Å². The maximum Gasteiger partial charge on any atom is 0.412 e. The molecule has 0 aliphatic carbocycles. The Morgan fingerprint density at radius 1 is 1.03 bits per heavy atom. The predicted octanol–water partition coefficient (Wildman–Crippen LogP) is 5.61. The van der Waals surface area contributed by atoms with Crippen LogP contribution < -0.4 is 20.1 Å². The zero-order valence-corrected chi connectivity index (χ0v) is 21.2. The predicted molar refractivity (Wildman–Crippen MR) is 141 cm³/mol. The number of carboxylic acids is 1. The lowest BCUT2D eigenvalue weighted by Crippen LogP contribution is -2.27. The highest BCUT2D eigenvalue weighted by molar-refractivity contribution is 5.89. The number of ether oxygens (including phenoxy) is 3. The molecule has 37 heavy (non-hydrogen) atoms. The normalized spacial score (nSPS) is 12.6. The van der Waals surface area contributed by atoms with Crippen LogP contribution in [0.25, 0.3) is 11.3 Å². The van der Waals surface area contributed by atoms with Crippen molar-refractivity contribution in [3.8, 4) is 22.8 Å². The molecule has 1 aromatic heterocycles. The van der Waals surface area contributed by atoms with Crippen molar-refractivity contribution in [3.63, 3.8) is 0 Å². The summed E-state index contributed by atoms with van der Waals surface area (Å²) in [6.07, 6.45) is 1.59. The third kappa shape index (κ3) is 7.13. The Labute approximate surface area is 215 Å². The second kappa shape index (κ2) is 11.2. The first-order valence-corrected chi connectivity index (χ1v) is 12.2. The van der Waals surface area contributed by atoms with Crippen molar-refractivity contribution >= 4 is 23.4 Å². The molecule has 0 fully saturated rings. The molecule has 0 atom stereocenters. The molecule has 2 aromatic carbocycles. The molecular weight excluding hydrogens is 474 g/mol. The summed E-state index contributed by atoms with van der Waals surface area (Å²) in [5.41, 5.74) is 3.56. The topological polar surface area (TPSA) is 119 Å². The van der Waals surface area contributed by atoms with E-state index in [2.05, 4.69) is 21.7 Å². The number of nitrogens with one attached hydrogen (secondary N) is 2. The van der Waals surface area contributed by atoms with Crippen molar-refractivity contribution in [1.82, 2.24) is 4.98 Å². The van der Waals surface area contributed by atoms with E-state index in [9.17, 15) is 14.7 Å². The van der Waals surface area contributed by atoms with E-state index < -0.39 is 17.7 Å². The number of carboxylic acid groups (broad SMARTS) is 1. The molecular formula is C28H31N3O6. The van der Waals surface area contributed by atoms with Crippen LogP contribution in [0.2, 0.25) is 0 Å². The number of fused-ring (bicyclic) bond motifs is 1. The van der Waals surface area contributed by atoms with Gasteiger partial charge in [-0.3, -0.25) is 5.32 Å². The van der Waals surface area contributed by atoms with Crippen LogP contribution in [0.4, 0.5) is 16.2 Å². The van der Waals surface area contributed by atoms with Gasteiger partial charge < -0.3 is 24.6 Å². The van der Waals surface area contributed by atoms with Gasteiger partial charge >= 0.3 is 12.1 Å². The first kappa shape index (κ1) is 25.8. The molecule has 1 aliphatic rings. The van der Waals surface area contributed by atoms with Crippen LogP contribution in [0.5, 0.6) is 11.5 Å². The van der Waals surface area contributed by atoms with Gasteiger partial charge in [0.1, 0.15) is 24.6 Å². The molecule has 0 spiro atoms. The van der Waals surface area contributed by atoms with Crippen LogP contribution in [0.1, 0.15) is 43.2 Å². The van der Waals surface area contributed by atoms with Gasteiger partial charge in [-0.1, -0.05) is 12.1 Å². The number of hydrogen-bond donors (Lipinski definition) is 3. The Hall–Kier alpha value is -4.27. The number of amides is 1. The Morgan fingerprint density at radius 3 is 2.51 bits per heavy atom. The number of anilines is 2. The summed E-state index contributed by atoms with van der Waals surface area (Å²) in [5, 5.41) is 15.7. The molecule has 1 amide bonds. The van der Waals surface area contributed by atoms with E-state index in [1.54, 1.807) is 57.2 Å². The fourth-order valence-electron chi connectivity index (χ4n) is 3.86. The number of benzene rings is 2. The standard InChI is InChI=1S/C28H31N3O6/c1-28(2,3)37-27(34)30-20-8-10-21(11-9-20)35-15-16-36-24-13-12-22(31-25(24)26(32)33)19-7-6-18-5-4-14-29-23(18)17-19/h6-13,17,29H,4-5,14-16H2,1-3H3,(H,30,34)(H,32,33). The monoisotopic (exact) mass is 505 g/mol. The van der Waals surface area contributed by atoms with Crippen molar-refractivity contribution in [2.24, 2.45) is 0 Å². The van der Waals surface area contributed by atoms with Crippen molar-refractivity contribution < 1.29 is 28.9 Å². The number of nitrogens with zero attached hydrogens (tertiary/aromatic N) is 1. The number of aromatic nitrogens is 1. The van der Waals surface area contributed by atoms with E-state index in [1.807, 2.05) is 12.1 Å². The van der Waals surface area contributed by atoms with Crippen molar-refractivity contribution in [3.05, 3.63) is 65.9 Å². The van der Waals surface area contributed by atoms with E-state index >= 15 is 0 Å². The number of carbonyl (C=O) groups is 2. The van der Waals surface area contributed by atoms with Gasteiger partial charge in [-0.15, -0.1) is 0 Å². The first-order chi connectivity index (χ1) is 17.7. The van der Waals surface area contributed by atoms with Crippen LogP contribution in [0.3, 0.4) is 0 Å². The minimum Gasteiger partial charge on any atom is -0.490 e. The number of pyridine rings is 1. The largest absolute Gasteiger partial charge is 0.490 e. The summed E-state index contributed by atoms with van der Waals surface area (Å²) >= 11 is 0. The average Bonchev–Trinajstić information content (AvgIpc) is 2.86. The van der Waals surface area contributed by atoms with Gasteiger partial charge in [-0.05, 0) is 81.6 Å². The summed E-state index contributed by atoms with van der Waals surface area (Å²) in [5.74, 6) is -0.416. The first-order valence-electron chi connectivity index (χ1n) is 12.2. The van der Waals surface area contributed by atoms with Crippen LogP contribution >= 0.6 is 0 Å². The van der Waals surface area contributed by atoms with Gasteiger partial charge in [0.15, 0.2) is 11.4 Å². The highest BCUT2D eigenvalue weighted by atomic mass is 16.6. The molecule has 0 saturated carbocycles. The lowest BCUT2D eigenvalue weighted by Gasteiger charge is -2.19. The molecule has 3 aromatic rings. The Bertz CT molecular complexity index is 1270. The molecule has 194 valence electrons. The van der Waals surface area contributed by atoms with Crippen molar-refractivity contribution in [2.75, 3.05) is 30.4 Å². The molecule has 1 aliphatic heterocycles. The molecule has 9 heteroatoms. The van der Waals surface area contributed by atoms with Gasteiger partial charge in [-0.25, -0.2) is 14.6 Å². The van der Waals surface area contributed by atoms with Gasteiger partial charge in [0, 0.05) is 23.5 Å². The summed E-state index contributed by atoms with van der Waals surface area (Å²) in [7, 11) is 0. The fourth-order valence-corrected chi connectivity index (χ4v) is 3.86. The van der Waals surface area contributed by atoms with E-state index in [4.69, 9.17) is 14.2 Å². The summed E-state index contributed by atoms with van der Waals surface area (Å²) < 4.78 is 16.6. The molecule has 3 N–H and O–H groups in total. The molecule has 0 saturated heterocycles. The fraction of sp³-hybridized carbons (Fsp3) is 0.321. The van der Waals surface area contributed by atoms with Gasteiger partial charge in [0.25, 0.3) is 0 Å². The number of aryl methyl sites for hydroxylation is 1. The number of rotatable bonds is 8. The molecule has 0 bridgehead atoms. The van der Waals surface area contributed by atoms with Crippen molar-refractivity contribution in [2.45, 2.75) is 39.2 Å². The minimum absolute atomic E-state index is 0.127. The van der Waals surface area contributed by atoms with Crippen LogP contribution in [0.15, 0.2) is 54.6 Å². The molecule has 2 heterocycles. The summed E-state index contributed by atoms with van der Waals surface area (Å²) in [6.45, 7) is 6.62. The van der Waals surface area contributed by atoms with E-state index in [0.717, 1.165) is 30.6 Å². The highest BCUT2D eigenvalue weighted by Gasteiger charge is 2.18. The second-order valence-electron chi connectivity index (χ2n) is 9.60. The lowest BCUT2D eigenvalue weighted by atomic mass is 10.00. The maximum atomic E-state index is 11.9. The Morgan fingerprint density at radius 2 is 1.78 bits per heavy atom. The second-order valence-corrected chi connectivity index (χ2v) is 9.60. The molecule has 0 unspecified atom stereocenters.